The summed E-state index contributed by atoms with van der Waals surface area (Å²) in [7, 11) is 6.59. The minimum absolute atomic E-state index is 0.00215. The number of Topliss-reactive ketones (excluding diaryl/α,β-unsaturated/α-hetero) is 3. The fraction of sp³-hybridized carbons (Fsp3) is 0.614. The first-order chi connectivity index (χ1) is 36.6. The summed E-state index contributed by atoms with van der Waals surface area (Å²) in [5, 5.41) is 37.2. The van der Waals surface area contributed by atoms with E-state index in [2.05, 4.69) is 21.3 Å². The zero-order valence-electron chi connectivity index (χ0n) is 49.0. The van der Waals surface area contributed by atoms with Gasteiger partial charge >= 0.3 is 18.2 Å². The van der Waals surface area contributed by atoms with E-state index in [0.29, 0.717) is 24.0 Å². The van der Waals surface area contributed by atoms with Gasteiger partial charge in [-0.2, -0.15) is 0 Å². The Morgan fingerprint density at radius 1 is 0.544 bits per heavy atom. The molecule has 2 rings (SSSR count). The van der Waals surface area contributed by atoms with Gasteiger partial charge in [-0.1, -0.05) is 64.1 Å². The van der Waals surface area contributed by atoms with Crippen molar-refractivity contribution in [2.45, 2.75) is 164 Å². The Morgan fingerprint density at radius 2 is 0.886 bits per heavy atom. The highest BCUT2D eigenvalue weighted by molar-refractivity contribution is 5.93. The predicted octanol–water partition coefficient (Wildman–Crippen LogP) is 5.12. The van der Waals surface area contributed by atoms with Crippen LogP contribution in [0.4, 0.5) is 15.3 Å². The lowest BCUT2D eigenvalue weighted by molar-refractivity contribution is -0.142. The van der Waals surface area contributed by atoms with Crippen molar-refractivity contribution in [2.24, 2.45) is 23.7 Å². The van der Waals surface area contributed by atoms with Gasteiger partial charge in [-0.15, -0.1) is 0 Å². The zero-order chi connectivity index (χ0) is 60.8. The number of alkyl carbamates (subject to hydrolysis) is 2. The van der Waals surface area contributed by atoms with Crippen LogP contribution in [0.15, 0.2) is 48.5 Å². The second-order valence-electron chi connectivity index (χ2n) is 22.2. The monoisotopic (exact) mass is 1110 g/mol. The molecule has 0 unspecified atom stereocenters. The molecule has 0 spiro atoms. The highest BCUT2D eigenvalue weighted by atomic mass is 16.6. The topological polar surface area (TPSA) is 330 Å². The largest absolute Gasteiger partial charge is 0.480 e. The number of aliphatic carboxylic acids is 1. The molecule has 2 aromatic carbocycles. The van der Waals surface area contributed by atoms with Gasteiger partial charge in [-0.3, -0.25) is 33.6 Å². The molecule has 6 amide bonds. The number of nitrogens with zero attached hydrogens (tertiary/aromatic N) is 2. The van der Waals surface area contributed by atoms with Gasteiger partial charge in [-0.05, 0) is 95.0 Å². The van der Waals surface area contributed by atoms with E-state index < -0.39 is 65.1 Å². The van der Waals surface area contributed by atoms with Crippen LogP contribution in [0.5, 0.6) is 0 Å². The molecule has 0 fully saturated rings. The molecule has 0 aliphatic heterocycles. The number of nitrogen functional groups attached to an aromatic ring is 1. The number of nitrogens with two attached hydrogens (primary N) is 1. The molecule has 0 saturated heterocycles. The summed E-state index contributed by atoms with van der Waals surface area (Å²) < 4.78 is 10.3. The first kappa shape index (κ1) is 72.1. The van der Waals surface area contributed by atoms with Crippen molar-refractivity contribution in [3.8, 4) is 0 Å². The number of carboxylic acid groups (broad SMARTS) is 1. The molecule has 9 N–H and O–H groups in total. The molecular weight excluding hydrogens is 1020 g/mol. The number of rotatable bonds is 28. The van der Waals surface area contributed by atoms with Crippen LogP contribution in [0, 0.1) is 23.7 Å². The van der Waals surface area contributed by atoms with Crippen molar-refractivity contribution in [1.29, 1.82) is 0 Å². The number of anilines is 1. The van der Waals surface area contributed by atoms with Crippen LogP contribution in [0.1, 0.15) is 137 Å². The first-order valence-electron chi connectivity index (χ1n) is 26.5. The second kappa shape index (κ2) is 36.3. The lowest BCUT2D eigenvalue weighted by Gasteiger charge is -2.25. The summed E-state index contributed by atoms with van der Waals surface area (Å²) in [5.74, 6) is -4.91. The van der Waals surface area contributed by atoms with E-state index >= 15 is 0 Å². The van der Waals surface area contributed by atoms with Crippen molar-refractivity contribution >= 4 is 64.8 Å². The summed E-state index contributed by atoms with van der Waals surface area (Å²) in [6, 6.07) is 11.6. The van der Waals surface area contributed by atoms with E-state index in [4.69, 9.17) is 20.3 Å². The lowest BCUT2D eigenvalue weighted by Crippen LogP contribution is -2.51. The molecule has 2 aromatic rings. The third-order valence-electron chi connectivity index (χ3n) is 11.6. The third kappa shape index (κ3) is 33.2. The number of nitrogens with one attached hydrogen (secondary N) is 4. The standard InChI is InChI=1S/C29H45N3O7.C21H37N3O7.C7H9NO/c1-19(2)23(16-22(34)9-8-10-26(36)32(6)7)27(37)31-24(17-30-28(38)39-29(3,4)5)25(35)15-20-11-13-21(18-33)14-12-20;1-13(2)15(11-14(25)9-8-10-17(26)24(6)7)18(27)23-16(19(28)29)12-22-20(30)31-21(3,4)5;8-7-3-1-6(5-9)2-4-7/h11-14,19,23-24,33H,8-10,15-18H2,1-7H3,(H,30,38)(H,31,37);13,15-16H,8-12H2,1-7H3,(H,22,30)(H,23,27)(H,28,29);1-4,9H,5,8H2/t23-,24-;15-,16-;/m00./s1. The molecule has 0 aromatic heterocycles. The lowest BCUT2D eigenvalue weighted by atomic mass is 9.88. The van der Waals surface area contributed by atoms with Crippen LogP contribution in [-0.4, -0.2) is 149 Å². The number of ether oxygens (including phenoxy) is 2. The van der Waals surface area contributed by atoms with Crippen LogP contribution in [0.2, 0.25) is 0 Å². The summed E-state index contributed by atoms with van der Waals surface area (Å²) >= 11 is 0. The van der Waals surface area contributed by atoms with Crippen LogP contribution in [-0.2, 0) is 67.5 Å². The van der Waals surface area contributed by atoms with Gasteiger partial charge in [0.15, 0.2) is 5.78 Å². The van der Waals surface area contributed by atoms with Gasteiger partial charge in [-0.25, -0.2) is 14.4 Å². The second-order valence-corrected chi connectivity index (χ2v) is 22.2. The normalized spacial score (nSPS) is 12.6. The Balaban J connectivity index is 0.00000135. The van der Waals surface area contributed by atoms with Gasteiger partial charge < -0.3 is 61.6 Å². The van der Waals surface area contributed by atoms with Crippen LogP contribution in [0.25, 0.3) is 0 Å². The van der Waals surface area contributed by atoms with Crippen molar-refractivity contribution in [2.75, 3.05) is 47.0 Å². The van der Waals surface area contributed by atoms with Gasteiger partial charge in [0, 0.05) is 97.2 Å². The van der Waals surface area contributed by atoms with Gasteiger partial charge in [0.25, 0.3) is 0 Å². The van der Waals surface area contributed by atoms with Crippen LogP contribution < -0.4 is 27.0 Å². The molecule has 444 valence electrons. The molecule has 79 heavy (non-hydrogen) atoms. The maximum Gasteiger partial charge on any atom is 0.407 e. The van der Waals surface area contributed by atoms with Crippen molar-refractivity contribution in [1.82, 2.24) is 31.1 Å². The average Bonchev–Trinajstić information content (AvgIpc) is 3.34. The Bertz CT molecular complexity index is 2270. The molecule has 0 heterocycles. The number of aliphatic hydroxyl groups is 2. The number of carbonyl (C=O) groups excluding carboxylic acids is 9. The molecular formula is C57H91N7O15. The number of hydrogen-bond donors (Lipinski definition) is 8. The quantitative estimate of drug-likeness (QED) is 0.0513. The highest BCUT2D eigenvalue weighted by Crippen LogP contribution is 2.20. The summed E-state index contributed by atoms with van der Waals surface area (Å²) in [5.41, 5.74) is 6.94. The van der Waals surface area contributed by atoms with E-state index in [1.807, 2.05) is 13.8 Å². The number of carboxylic acids is 1. The maximum absolute atomic E-state index is 13.3. The van der Waals surface area contributed by atoms with Gasteiger partial charge in [0.05, 0.1) is 19.8 Å². The fourth-order valence-electron chi connectivity index (χ4n) is 6.99. The van der Waals surface area contributed by atoms with E-state index in [1.54, 1.807) is 132 Å². The molecule has 0 aliphatic carbocycles. The molecule has 4 atom stereocenters. The summed E-state index contributed by atoms with van der Waals surface area (Å²) in [6.07, 6.45) is 0.0595. The van der Waals surface area contributed by atoms with E-state index in [9.17, 15) is 58.2 Å². The van der Waals surface area contributed by atoms with Gasteiger partial charge in [0.2, 0.25) is 23.6 Å². The molecule has 22 nitrogen and oxygen atoms in total. The minimum Gasteiger partial charge on any atom is -0.480 e. The van der Waals surface area contributed by atoms with Crippen LogP contribution >= 0.6 is 0 Å². The summed E-state index contributed by atoms with van der Waals surface area (Å²) in [6.45, 7) is 16.8. The van der Waals surface area contributed by atoms with E-state index in [1.165, 1.54) is 9.80 Å². The average molecular weight is 1110 g/mol. The Hall–Kier alpha value is -6.94. The Morgan fingerprint density at radius 3 is 1.22 bits per heavy atom. The van der Waals surface area contributed by atoms with Crippen LogP contribution in [0.3, 0.4) is 0 Å². The smallest absolute Gasteiger partial charge is 0.407 e. The Labute approximate surface area is 466 Å². The van der Waals surface area contributed by atoms with Crippen molar-refractivity contribution < 1.29 is 72.7 Å². The number of amides is 6. The van der Waals surface area contributed by atoms with Crippen molar-refractivity contribution in [3.05, 3.63) is 65.2 Å². The first-order valence-corrected chi connectivity index (χ1v) is 26.5. The number of ketones is 3. The number of hydrogen-bond acceptors (Lipinski definition) is 15. The zero-order valence-corrected chi connectivity index (χ0v) is 49.0. The Kier molecular flexibility index (Phi) is 33.1. The molecule has 0 aliphatic rings. The summed E-state index contributed by atoms with van der Waals surface area (Å²) in [4.78, 5) is 126. The highest BCUT2D eigenvalue weighted by Gasteiger charge is 2.32. The number of benzene rings is 2. The van der Waals surface area contributed by atoms with E-state index in [0.717, 1.165) is 11.3 Å². The molecule has 0 saturated carbocycles. The van der Waals surface area contributed by atoms with Gasteiger partial charge in [0.1, 0.15) is 34.9 Å². The molecule has 0 bridgehead atoms. The predicted molar refractivity (Wildman–Crippen MR) is 299 cm³/mol. The third-order valence-corrected chi connectivity index (χ3v) is 11.6. The van der Waals surface area contributed by atoms with Crippen molar-refractivity contribution in [3.63, 3.8) is 0 Å². The van der Waals surface area contributed by atoms with E-state index in [-0.39, 0.29) is 112 Å². The fourth-order valence-corrected chi connectivity index (χ4v) is 6.99. The number of aliphatic hydroxyl groups excluding tert-OH is 2. The SMILES string of the molecule is CC(C)[C@H](CC(=O)CCCC(=O)N(C)C)C(=O)N[C@@H](CNC(=O)OC(C)(C)C)C(=O)Cc1ccc(CO)cc1.CC(C)[C@H](CC(=O)CCCC(=O)N(C)C)C(=O)N[C@@H](CNC(=O)OC(C)(C)C)C(=O)O.Nc1ccc(CO)cc1. The molecule has 0 radical (unpaired) electrons. The number of carbonyl (C=O) groups is 10. The maximum atomic E-state index is 13.3. The minimum atomic E-state index is -1.37. The molecule has 22 heteroatoms.